The summed E-state index contributed by atoms with van der Waals surface area (Å²) in [7, 11) is 0. The van der Waals surface area contributed by atoms with Crippen molar-refractivity contribution >= 4 is 11.9 Å². The maximum atomic E-state index is 10.4. The Balaban J connectivity index is 0.000000399. The van der Waals surface area contributed by atoms with Gasteiger partial charge in [-0.1, -0.05) is 37.3 Å². The number of nitrogens with two attached hydrogens (primary N) is 2. The number of hydrogen-bond acceptors (Lipinski definition) is 4. The summed E-state index contributed by atoms with van der Waals surface area (Å²) in [4.78, 5) is 20.2. The normalized spacial score (nSPS) is 12.8. The highest BCUT2D eigenvalue weighted by Gasteiger charge is 2.10. The second kappa shape index (κ2) is 9.07. The van der Waals surface area contributed by atoms with Crippen molar-refractivity contribution in [3.63, 3.8) is 0 Å². The van der Waals surface area contributed by atoms with Gasteiger partial charge in [0.1, 0.15) is 12.1 Å². The zero-order valence-electron chi connectivity index (χ0n) is 10.8. The third-order valence-electron chi connectivity index (χ3n) is 2.37. The fraction of sp³-hybridized carbons (Fsp3) is 0.385. The first-order chi connectivity index (χ1) is 8.88. The quantitative estimate of drug-likeness (QED) is 0.614. The molecule has 1 rings (SSSR count). The van der Waals surface area contributed by atoms with Crippen LogP contribution in [0.15, 0.2) is 30.3 Å². The van der Waals surface area contributed by atoms with E-state index in [1.807, 2.05) is 30.3 Å². The summed E-state index contributed by atoms with van der Waals surface area (Å²) in [5.74, 6) is -1.89. The second-order valence-corrected chi connectivity index (χ2v) is 3.99. The molecule has 0 fully saturated rings. The van der Waals surface area contributed by atoms with E-state index in [1.54, 1.807) is 6.92 Å². The van der Waals surface area contributed by atoms with Crippen LogP contribution in [0.3, 0.4) is 0 Å². The van der Waals surface area contributed by atoms with E-state index >= 15 is 0 Å². The maximum Gasteiger partial charge on any atom is 0.320 e. The molecule has 0 saturated heterocycles. The van der Waals surface area contributed by atoms with Gasteiger partial charge in [0.15, 0.2) is 0 Å². The zero-order valence-corrected chi connectivity index (χ0v) is 10.8. The lowest BCUT2D eigenvalue weighted by atomic mass is 10.1. The molecule has 0 aliphatic rings. The smallest absolute Gasteiger partial charge is 0.320 e. The summed E-state index contributed by atoms with van der Waals surface area (Å²) < 4.78 is 0. The highest BCUT2D eigenvalue weighted by molar-refractivity contribution is 5.73. The van der Waals surface area contributed by atoms with Gasteiger partial charge in [-0.05, 0) is 18.4 Å². The van der Waals surface area contributed by atoms with Gasteiger partial charge in [0.2, 0.25) is 0 Å². The molecule has 0 spiro atoms. The van der Waals surface area contributed by atoms with Gasteiger partial charge >= 0.3 is 11.9 Å². The lowest BCUT2D eigenvalue weighted by molar-refractivity contribution is -0.139. The van der Waals surface area contributed by atoms with Crippen molar-refractivity contribution in [2.24, 2.45) is 11.5 Å². The van der Waals surface area contributed by atoms with Crippen molar-refractivity contribution in [3.8, 4) is 0 Å². The highest BCUT2D eigenvalue weighted by atomic mass is 16.4. The van der Waals surface area contributed by atoms with Crippen molar-refractivity contribution < 1.29 is 19.8 Å². The minimum absolute atomic E-state index is 0.385. The van der Waals surface area contributed by atoms with Crippen LogP contribution in [0.1, 0.15) is 18.9 Å². The van der Waals surface area contributed by atoms with Crippen LogP contribution in [0.4, 0.5) is 0 Å². The molecule has 0 heterocycles. The largest absolute Gasteiger partial charge is 0.480 e. The van der Waals surface area contributed by atoms with Crippen molar-refractivity contribution in [1.29, 1.82) is 0 Å². The van der Waals surface area contributed by atoms with E-state index in [1.165, 1.54) is 0 Å². The molecule has 1 aromatic carbocycles. The summed E-state index contributed by atoms with van der Waals surface area (Å²) in [6.07, 6.45) is 0.880. The lowest BCUT2D eigenvalue weighted by Crippen LogP contribution is -2.32. The minimum Gasteiger partial charge on any atom is -0.480 e. The topological polar surface area (TPSA) is 127 Å². The maximum absolute atomic E-state index is 10.4. The van der Waals surface area contributed by atoms with E-state index in [-0.39, 0.29) is 0 Å². The van der Waals surface area contributed by atoms with E-state index in [0.29, 0.717) is 12.8 Å². The minimum atomic E-state index is -0.959. The van der Waals surface area contributed by atoms with Gasteiger partial charge in [-0.2, -0.15) is 0 Å². The van der Waals surface area contributed by atoms with Crippen molar-refractivity contribution in [1.82, 2.24) is 0 Å². The molecular weight excluding hydrogens is 248 g/mol. The summed E-state index contributed by atoms with van der Waals surface area (Å²) in [6.45, 7) is 1.73. The molecule has 6 heteroatoms. The third kappa shape index (κ3) is 7.91. The highest BCUT2D eigenvalue weighted by Crippen LogP contribution is 2.01. The van der Waals surface area contributed by atoms with E-state index in [9.17, 15) is 9.59 Å². The fourth-order valence-corrected chi connectivity index (χ4v) is 1.13. The van der Waals surface area contributed by atoms with Crippen LogP contribution in [0, 0.1) is 0 Å². The molecule has 1 aromatic rings. The molecule has 6 N–H and O–H groups in total. The van der Waals surface area contributed by atoms with Gasteiger partial charge in [0, 0.05) is 0 Å². The van der Waals surface area contributed by atoms with Crippen LogP contribution >= 0.6 is 0 Å². The first-order valence-electron chi connectivity index (χ1n) is 5.89. The number of aliphatic carboxylic acids is 2. The molecule has 0 amide bonds. The van der Waals surface area contributed by atoms with Crippen LogP contribution in [0.2, 0.25) is 0 Å². The molecule has 0 aromatic heterocycles. The standard InChI is InChI=1S/C9H11NO2.C4H9NO2/c10-8(9(11)12)6-7-4-2-1-3-5-7;1-2-3(5)4(6)7/h1-5,8H,6,10H2,(H,11,12);3H,2,5H2,1H3,(H,6,7)/t8-;/m0./s1. The van der Waals surface area contributed by atoms with Crippen LogP contribution in [-0.4, -0.2) is 34.2 Å². The molecule has 6 nitrogen and oxygen atoms in total. The monoisotopic (exact) mass is 268 g/mol. The Bertz CT molecular complexity index is 395. The Morgan fingerprint density at radius 3 is 1.84 bits per heavy atom. The van der Waals surface area contributed by atoms with E-state index in [2.05, 4.69) is 0 Å². The molecule has 0 aliphatic heterocycles. The molecule has 106 valence electrons. The summed E-state index contributed by atoms with van der Waals surface area (Å²) >= 11 is 0. The van der Waals surface area contributed by atoms with E-state index in [0.717, 1.165) is 5.56 Å². The predicted octanol–water partition coefficient (Wildman–Crippen LogP) is 0.449. The van der Waals surface area contributed by atoms with Gasteiger partial charge in [-0.3, -0.25) is 9.59 Å². The van der Waals surface area contributed by atoms with Crippen LogP contribution in [0.5, 0.6) is 0 Å². The summed E-state index contributed by atoms with van der Waals surface area (Å²) in [5.41, 5.74) is 11.3. The number of benzene rings is 1. The molecule has 0 aliphatic carbocycles. The van der Waals surface area contributed by atoms with E-state index in [4.69, 9.17) is 21.7 Å². The van der Waals surface area contributed by atoms with Crippen LogP contribution < -0.4 is 11.5 Å². The third-order valence-corrected chi connectivity index (χ3v) is 2.37. The molecule has 19 heavy (non-hydrogen) atoms. The van der Waals surface area contributed by atoms with Crippen molar-refractivity contribution in [2.45, 2.75) is 31.8 Å². The molecule has 2 atom stereocenters. The van der Waals surface area contributed by atoms with Gasteiger partial charge in [-0.25, -0.2) is 0 Å². The van der Waals surface area contributed by atoms with Gasteiger partial charge in [0.25, 0.3) is 0 Å². The van der Waals surface area contributed by atoms with Gasteiger partial charge in [-0.15, -0.1) is 0 Å². The van der Waals surface area contributed by atoms with Crippen molar-refractivity contribution in [2.75, 3.05) is 0 Å². The Morgan fingerprint density at radius 2 is 1.53 bits per heavy atom. The summed E-state index contributed by atoms with van der Waals surface area (Å²) in [5, 5.41) is 16.6. The van der Waals surface area contributed by atoms with Gasteiger partial charge in [0.05, 0.1) is 0 Å². The first-order valence-corrected chi connectivity index (χ1v) is 5.89. The molecule has 0 saturated carbocycles. The average molecular weight is 268 g/mol. The Kier molecular flexibility index (Phi) is 8.15. The average Bonchev–Trinajstić information content (AvgIpc) is 2.39. The van der Waals surface area contributed by atoms with Crippen molar-refractivity contribution in [3.05, 3.63) is 35.9 Å². The first kappa shape index (κ1) is 17.1. The molecular formula is C13H20N2O4. The number of carboxylic acids is 2. The predicted molar refractivity (Wildman–Crippen MR) is 71.7 cm³/mol. The number of rotatable bonds is 5. The summed E-state index contributed by atoms with van der Waals surface area (Å²) in [6, 6.07) is 7.86. The van der Waals surface area contributed by atoms with E-state index < -0.39 is 24.0 Å². The molecule has 1 unspecified atom stereocenters. The van der Waals surface area contributed by atoms with Crippen LogP contribution in [0.25, 0.3) is 0 Å². The number of carboxylic acid groups (broad SMARTS) is 2. The fourth-order valence-electron chi connectivity index (χ4n) is 1.13. The molecule has 0 radical (unpaired) electrons. The van der Waals surface area contributed by atoms with Gasteiger partial charge < -0.3 is 21.7 Å². The lowest BCUT2D eigenvalue weighted by Gasteiger charge is -2.04. The zero-order chi connectivity index (χ0) is 14.8. The molecule has 0 bridgehead atoms. The van der Waals surface area contributed by atoms with Crippen LogP contribution in [-0.2, 0) is 16.0 Å². The Hall–Kier alpha value is -1.92. The SMILES string of the molecule is CCC(N)C(=O)O.N[C@@H](Cc1ccccc1)C(=O)O. The Labute approximate surface area is 112 Å². The second-order valence-electron chi connectivity index (χ2n) is 3.99. The number of carbonyl (C=O) groups is 2. The Morgan fingerprint density at radius 1 is 1.05 bits per heavy atom. The number of hydrogen-bond donors (Lipinski definition) is 4.